The Balaban J connectivity index is 1.48. The van der Waals surface area contributed by atoms with Crippen molar-refractivity contribution in [1.82, 2.24) is 34.9 Å². The smallest absolute Gasteiger partial charge is 0.276 e. The number of benzene rings is 1. The molecule has 49 heavy (non-hydrogen) atoms. The van der Waals surface area contributed by atoms with Crippen LogP contribution in [0, 0.1) is 12.8 Å². The summed E-state index contributed by atoms with van der Waals surface area (Å²) < 4.78 is 24.1. The summed E-state index contributed by atoms with van der Waals surface area (Å²) in [5.41, 5.74) is 1.97. The van der Waals surface area contributed by atoms with Gasteiger partial charge in [0, 0.05) is 82.5 Å². The molecule has 15 nitrogen and oxygen atoms in total. The summed E-state index contributed by atoms with van der Waals surface area (Å²) >= 11 is 0. The molecule has 3 amide bonds. The van der Waals surface area contributed by atoms with Gasteiger partial charge in [-0.1, -0.05) is 0 Å². The summed E-state index contributed by atoms with van der Waals surface area (Å²) in [6.07, 6.45) is 4.77. The molecule has 3 aromatic heterocycles. The van der Waals surface area contributed by atoms with Gasteiger partial charge in [0.15, 0.2) is 23.6 Å². The number of methoxy groups -OCH3 is 3. The Morgan fingerprint density at radius 3 is 2.49 bits per heavy atom. The van der Waals surface area contributed by atoms with E-state index in [-0.39, 0.29) is 61.9 Å². The number of pyridine rings is 1. The molecule has 1 aromatic carbocycles. The van der Waals surface area contributed by atoms with E-state index < -0.39 is 0 Å². The van der Waals surface area contributed by atoms with E-state index in [4.69, 9.17) is 23.6 Å². The second kappa shape index (κ2) is 14.4. The Hall–Kier alpha value is -5.34. The third-order valence-corrected chi connectivity index (χ3v) is 9.26. The van der Waals surface area contributed by atoms with Crippen LogP contribution < -0.4 is 24.4 Å². The van der Waals surface area contributed by atoms with Gasteiger partial charge >= 0.3 is 0 Å². The SMILES string of the molecule is COc1cc2nc3c(cc2c(OC)c1OC)CN(C(=O)c1ncoc1C)CCN(C(=O)c1ccnn1C)CCC(=O)NCC1CCCN3C1. The summed E-state index contributed by atoms with van der Waals surface area (Å²) in [6.45, 7) is 4.21. The van der Waals surface area contributed by atoms with Crippen LogP contribution in [0.15, 0.2) is 35.2 Å². The van der Waals surface area contributed by atoms with Gasteiger partial charge in [0.05, 0.1) is 26.8 Å². The molecule has 1 saturated heterocycles. The Bertz CT molecular complexity index is 1850. The van der Waals surface area contributed by atoms with Gasteiger partial charge in [0.2, 0.25) is 11.7 Å². The van der Waals surface area contributed by atoms with Gasteiger partial charge in [-0.25, -0.2) is 9.97 Å². The molecule has 4 aromatic rings. The van der Waals surface area contributed by atoms with Crippen LogP contribution in [0.4, 0.5) is 5.82 Å². The maximum absolute atomic E-state index is 14.2. The van der Waals surface area contributed by atoms with Crippen LogP contribution in [0.1, 0.15) is 51.6 Å². The van der Waals surface area contributed by atoms with Crippen LogP contribution in [0.2, 0.25) is 0 Å². The quantitative estimate of drug-likeness (QED) is 0.332. The lowest BCUT2D eigenvalue weighted by molar-refractivity contribution is -0.121. The first-order valence-electron chi connectivity index (χ1n) is 16.3. The van der Waals surface area contributed by atoms with E-state index in [1.807, 2.05) is 12.1 Å². The van der Waals surface area contributed by atoms with Gasteiger partial charge in [0.1, 0.15) is 17.3 Å². The van der Waals surface area contributed by atoms with Crippen LogP contribution in [0.5, 0.6) is 17.2 Å². The molecule has 1 N–H and O–H groups in total. The number of amides is 3. The Labute approximate surface area is 284 Å². The molecule has 0 saturated carbocycles. The van der Waals surface area contributed by atoms with Gasteiger partial charge in [-0.3, -0.25) is 19.1 Å². The molecule has 2 bridgehead atoms. The van der Waals surface area contributed by atoms with E-state index in [1.165, 1.54) is 11.1 Å². The van der Waals surface area contributed by atoms with E-state index in [2.05, 4.69) is 20.3 Å². The number of nitrogens with zero attached hydrogens (tertiary/aromatic N) is 7. The van der Waals surface area contributed by atoms with Crippen LogP contribution >= 0.6 is 0 Å². The number of piperidine rings is 1. The number of aromatic nitrogens is 4. The number of aryl methyl sites for hydroxylation is 2. The van der Waals surface area contributed by atoms with Gasteiger partial charge in [-0.15, -0.1) is 0 Å². The maximum atomic E-state index is 14.2. The summed E-state index contributed by atoms with van der Waals surface area (Å²) in [6, 6.07) is 5.44. The minimum atomic E-state index is -0.358. The standard InChI is InChI=1S/C34H42N8O7/c1-21-29(36-20-49-21)34(45)42-14-13-40(33(44)26-8-10-37-39(26)2)12-9-28(43)35-17-22-7-6-11-41(18-22)32-23(19-42)15-24-25(38-32)16-27(46-3)31(48-5)30(24)47-4/h8,10,15-16,20,22H,6-7,9,11-14,17-19H2,1-5H3,(H,35,43). The monoisotopic (exact) mass is 674 g/mol. The highest BCUT2D eigenvalue weighted by atomic mass is 16.5. The van der Waals surface area contributed by atoms with E-state index in [1.54, 1.807) is 57.4 Å². The van der Waals surface area contributed by atoms with Crippen molar-refractivity contribution in [2.24, 2.45) is 13.0 Å². The Morgan fingerprint density at radius 2 is 1.80 bits per heavy atom. The summed E-state index contributed by atoms with van der Waals surface area (Å²) in [5, 5.41) is 7.94. The fourth-order valence-corrected chi connectivity index (χ4v) is 6.64. The minimum absolute atomic E-state index is 0.118. The molecular weight excluding hydrogens is 632 g/mol. The predicted molar refractivity (Wildman–Crippen MR) is 179 cm³/mol. The summed E-state index contributed by atoms with van der Waals surface area (Å²) in [7, 11) is 6.36. The van der Waals surface area contributed by atoms with Gasteiger partial charge < -0.3 is 38.6 Å². The average Bonchev–Trinajstić information content (AvgIpc) is 3.75. The second-order valence-electron chi connectivity index (χ2n) is 12.3. The van der Waals surface area contributed by atoms with Crippen molar-refractivity contribution in [2.75, 3.05) is 65.5 Å². The maximum Gasteiger partial charge on any atom is 0.276 e. The zero-order chi connectivity index (χ0) is 34.7. The third kappa shape index (κ3) is 6.82. The molecule has 1 fully saturated rings. The molecule has 0 spiro atoms. The molecule has 0 aliphatic carbocycles. The zero-order valence-electron chi connectivity index (χ0n) is 28.5. The number of carbonyl (C=O) groups is 3. The number of hydrogen-bond donors (Lipinski definition) is 1. The number of nitrogens with one attached hydrogen (secondary N) is 1. The van der Waals surface area contributed by atoms with Crippen LogP contribution in [0.3, 0.4) is 0 Å². The first-order chi connectivity index (χ1) is 23.7. The lowest BCUT2D eigenvalue weighted by atomic mass is 9.97. The van der Waals surface area contributed by atoms with Gasteiger partial charge in [-0.05, 0) is 37.8 Å². The van der Waals surface area contributed by atoms with Crippen molar-refractivity contribution in [2.45, 2.75) is 32.7 Å². The molecule has 0 radical (unpaired) electrons. The molecule has 2 aliphatic rings. The number of fused-ring (bicyclic) bond motifs is 5. The summed E-state index contributed by atoms with van der Waals surface area (Å²) in [5.74, 6) is 1.86. The molecule has 6 rings (SSSR count). The fourth-order valence-electron chi connectivity index (χ4n) is 6.64. The fraction of sp³-hybridized carbons (Fsp3) is 0.471. The highest BCUT2D eigenvalue weighted by Gasteiger charge is 2.30. The molecular formula is C34H42N8O7. The molecule has 15 heteroatoms. The molecule has 1 atom stereocenters. The number of anilines is 1. The number of ether oxygens (including phenoxy) is 3. The van der Waals surface area contributed by atoms with E-state index in [9.17, 15) is 14.4 Å². The number of carbonyl (C=O) groups excluding carboxylic acids is 3. The predicted octanol–water partition coefficient (Wildman–Crippen LogP) is 2.81. The highest BCUT2D eigenvalue weighted by molar-refractivity contribution is 5.95. The van der Waals surface area contributed by atoms with Crippen molar-refractivity contribution in [3.05, 3.63) is 53.5 Å². The van der Waals surface area contributed by atoms with Crippen LogP contribution in [0.25, 0.3) is 10.9 Å². The molecule has 5 heterocycles. The normalized spacial score (nSPS) is 17.5. The minimum Gasteiger partial charge on any atom is -0.493 e. The third-order valence-electron chi connectivity index (χ3n) is 9.26. The van der Waals surface area contributed by atoms with Gasteiger partial charge in [0.25, 0.3) is 11.8 Å². The first kappa shape index (κ1) is 33.6. The topological polar surface area (TPSA) is 157 Å². The lowest BCUT2D eigenvalue weighted by Crippen LogP contribution is -2.43. The first-order valence-corrected chi connectivity index (χ1v) is 16.3. The molecule has 2 aliphatic heterocycles. The Morgan fingerprint density at radius 1 is 1.00 bits per heavy atom. The number of hydrogen-bond acceptors (Lipinski definition) is 11. The van der Waals surface area contributed by atoms with Gasteiger partial charge in [-0.2, -0.15) is 5.10 Å². The summed E-state index contributed by atoms with van der Waals surface area (Å²) in [4.78, 5) is 55.9. The van der Waals surface area contributed by atoms with E-state index >= 15 is 0 Å². The molecule has 260 valence electrons. The van der Waals surface area contributed by atoms with Crippen molar-refractivity contribution in [3.63, 3.8) is 0 Å². The van der Waals surface area contributed by atoms with E-state index in [0.717, 1.165) is 24.9 Å². The van der Waals surface area contributed by atoms with Crippen molar-refractivity contribution >= 4 is 34.4 Å². The zero-order valence-corrected chi connectivity index (χ0v) is 28.5. The van der Waals surface area contributed by atoms with Crippen molar-refractivity contribution in [3.8, 4) is 17.2 Å². The lowest BCUT2D eigenvalue weighted by Gasteiger charge is -2.35. The second-order valence-corrected chi connectivity index (χ2v) is 12.3. The van der Waals surface area contributed by atoms with Crippen LogP contribution in [-0.2, 0) is 18.4 Å². The van der Waals surface area contributed by atoms with Crippen molar-refractivity contribution < 1.29 is 33.0 Å². The van der Waals surface area contributed by atoms with Crippen molar-refractivity contribution in [1.29, 1.82) is 0 Å². The van der Waals surface area contributed by atoms with E-state index in [0.29, 0.717) is 58.5 Å². The highest BCUT2D eigenvalue weighted by Crippen LogP contribution is 2.44. The number of oxazole rings is 1. The average molecular weight is 675 g/mol. The van der Waals surface area contributed by atoms with Crippen LogP contribution in [-0.4, -0.2) is 108 Å². The Kier molecular flexibility index (Phi) is 9.87. The number of rotatable bonds is 5. The largest absolute Gasteiger partial charge is 0.493 e. The molecule has 1 unspecified atom stereocenters.